The summed E-state index contributed by atoms with van der Waals surface area (Å²) in [5.41, 5.74) is 2.09. The number of nitrogens with zero attached hydrogens (tertiary/aromatic N) is 2. The van der Waals surface area contributed by atoms with Gasteiger partial charge >= 0.3 is 0 Å². The molecular formula is C16H21N3O. The highest BCUT2D eigenvalue weighted by Gasteiger charge is 2.08. The number of ether oxygens (including phenoxy) is 1. The predicted octanol–water partition coefficient (Wildman–Crippen LogP) is 3.47. The van der Waals surface area contributed by atoms with Crippen LogP contribution in [-0.2, 0) is 6.54 Å². The molecule has 0 amide bonds. The van der Waals surface area contributed by atoms with E-state index in [-0.39, 0.29) is 5.54 Å². The van der Waals surface area contributed by atoms with Crippen LogP contribution in [0.5, 0.6) is 11.6 Å². The molecule has 0 saturated heterocycles. The standard InChI is InChI=1S/C16H21N3O/c1-12-14(6-5-9-17-12)20-15-8-7-13(10-18-15)11-19-16(2,3)4/h5-10,19H,11H2,1-4H3. The molecule has 0 aromatic carbocycles. The summed E-state index contributed by atoms with van der Waals surface area (Å²) in [6.07, 6.45) is 3.58. The van der Waals surface area contributed by atoms with Gasteiger partial charge in [0, 0.05) is 30.5 Å². The van der Waals surface area contributed by atoms with Gasteiger partial charge < -0.3 is 10.1 Å². The molecule has 0 fully saturated rings. The maximum absolute atomic E-state index is 5.72. The van der Waals surface area contributed by atoms with Crippen molar-refractivity contribution >= 4 is 0 Å². The summed E-state index contributed by atoms with van der Waals surface area (Å²) in [5.74, 6) is 1.32. The number of hydrogen-bond donors (Lipinski definition) is 1. The van der Waals surface area contributed by atoms with E-state index in [0.29, 0.717) is 5.88 Å². The van der Waals surface area contributed by atoms with E-state index in [2.05, 4.69) is 36.1 Å². The van der Waals surface area contributed by atoms with E-state index >= 15 is 0 Å². The monoisotopic (exact) mass is 271 g/mol. The number of rotatable bonds is 4. The van der Waals surface area contributed by atoms with E-state index < -0.39 is 0 Å². The second kappa shape index (κ2) is 6.01. The smallest absolute Gasteiger partial charge is 0.219 e. The third-order valence-corrected chi connectivity index (χ3v) is 2.79. The zero-order valence-corrected chi connectivity index (χ0v) is 12.5. The summed E-state index contributed by atoms with van der Waals surface area (Å²) < 4.78 is 5.72. The first-order valence-corrected chi connectivity index (χ1v) is 6.73. The fourth-order valence-electron chi connectivity index (χ4n) is 1.63. The summed E-state index contributed by atoms with van der Waals surface area (Å²) in [5, 5.41) is 3.43. The van der Waals surface area contributed by atoms with Gasteiger partial charge in [-0.05, 0) is 45.4 Å². The van der Waals surface area contributed by atoms with Crippen molar-refractivity contribution in [2.45, 2.75) is 39.8 Å². The van der Waals surface area contributed by atoms with Crippen molar-refractivity contribution in [1.29, 1.82) is 0 Å². The molecule has 2 aromatic heterocycles. The maximum atomic E-state index is 5.72. The Hall–Kier alpha value is -1.94. The first-order chi connectivity index (χ1) is 9.44. The van der Waals surface area contributed by atoms with E-state index in [1.807, 2.05) is 37.4 Å². The van der Waals surface area contributed by atoms with Gasteiger partial charge in [-0.1, -0.05) is 6.07 Å². The molecule has 0 spiro atoms. The highest BCUT2D eigenvalue weighted by atomic mass is 16.5. The summed E-state index contributed by atoms with van der Waals surface area (Å²) >= 11 is 0. The molecule has 0 aliphatic carbocycles. The molecular weight excluding hydrogens is 250 g/mol. The summed E-state index contributed by atoms with van der Waals surface area (Å²) in [7, 11) is 0. The van der Waals surface area contributed by atoms with E-state index in [1.165, 1.54) is 0 Å². The minimum Gasteiger partial charge on any atom is -0.437 e. The minimum atomic E-state index is 0.0992. The fourth-order valence-corrected chi connectivity index (χ4v) is 1.63. The fraction of sp³-hybridized carbons (Fsp3) is 0.375. The zero-order chi connectivity index (χ0) is 14.6. The van der Waals surface area contributed by atoms with Crippen molar-refractivity contribution in [3.63, 3.8) is 0 Å². The second-order valence-electron chi connectivity index (χ2n) is 5.80. The lowest BCUT2D eigenvalue weighted by Crippen LogP contribution is -2.35. The molecule has 2 heterocycles. The molecule has 0 aliphatic rings. The molecule has 106 valence electrons. The molecule has 2 rings (SSSR count). The van der Waals surface area contributed by atoms with Crippen LogP contribution < -0.4 is 10.1 Å². The molecule has 20 heavy (non-hydrogen) atoms. The third kappa shape index (κ3) is 4.31. The Kier molecular flexibility index (Phi) is 4.35. The van der Waals surface area contributed by atoms with Gasteiger partial charge in [0.1, 0.15) is 0 Å². The van der Waals surface area contributed by atoms with Gasteiger partial charge in [0.15, 0.2) is 5.75 Å². The Balaban J connectivity index is 2.00. The van der Waals surface area contributed by atoms with Crippen LogP contribution in [0.1, 0.15) is 32.0 Å². The normalized spacial score (nSPS) is 11.4. The Morgan fingerprint density at radius 2 is 1.95 bits per heavy atom. The van der Waals surface area contributed by atoms with E-state index in [0.717, 1.165) is 23.6 Å². The van der Waals surface area contributed by atoms with Crippen LogP contribution in [0.3, 0.4) is 0 Å². The minimum absolute atomic E-state index is 0.0992. The van der Waals surface area contributed by atoms with Gasteiger partial charge in [-0.25, -0.2) is 4.98 Å². The van der Waals surface area contributed by atoms with Crippen molar-refractivity contribution in [3.8, 4) is 11.6 Å². The summed E-state index contributed by atoms with van der Waals surface area (Å²) in [6.45, 7) is 9.13. The summed E-state index contributed by atoms with van der Waals surface area (Å²) in [6, 6.07) is 7.64. The molecule has 4 heteroatoms. The molecule has 0 radical (unpaired) electrons. The van der Waals surface area contributed by atoms with Crippen molar-refractivity contribution in [2.75, 3.05) is 0 Å². The number of aryl methyl sites for hydroxylation is 1. The Morgan fingerprint density at radius 3 is 2.55 bits per heavy atom. The highest BCUT2D eigenvalue weighted by Crippen LogP contribution is 2.21. The first-order valence-electron chi connectivity index (χ1n) is 6.73. The summed E-state index contributed by atoms with van der Waals surface area (Å²) in [4.78, 5) is 8.51. The number of pyridine rings is 2. The quantitative estimate of drug-likeness (QED) is 0.925. The van der Waals surface area contributed by atoms with Crippen molar-refractivity contribution in [3.05, 3.63) is 47.9 Å². The Labute approximate surface area is 120 Å². The third-order valence-electron chi connectivity index (χ3n) is 2.79. The predicted molar refractivity (Wildman–Crippen MR) is 79.9 cm³/mol. The highest BCUT2D eigenvalue weighted by molar-refractivity contribution is 5.30. The number of hydrogen-bond acceptors (Lipinski definition) is 4. The van der Waals surface area contributed by atoms with Gasteiger partial charge in [-0.15, -0.1) is 0 Å². The van der Waals surface area contributed by atoms with Gasteiger partial charge in [-0.3, -0.25) is 4.98 Å². The Bertz CT molecular complexity index is 559. The van der Waals surface area contributed by atoms with Crippen LogP contribution in [0.25, 0.3) is 0 Å². The van der Waals surface area contributed by atoms with Crippen LogP contribution in [0.2, 0.25) is 0 Å². The molecule has 0 saturated carbocycles. The van der Waals surface area contributed by atoms with Gasteiger partial charge in [0.2, 0.25) is 5.88 Å². The van der Waals surface area contributed by atoms with Gasteiger partial charge in [0.05, 0.1) is 5.69 Å². The second-order valence-corrected chi connectivity index (χ2v) is 5.80. The van der Waals surface area contributed by atoms with E-state index in [4.69, 9.17) is 4.74 Å². The van der Waals surface area contributed by atoms with Gasteiger partial charge in [-0.2, -0.15) is 0 Å². The number of aromatic nitrogens is 2. The van der Waals surface area contributed by atoms with Crippen molar-refractivity contribution in [1.82, 2.24) is 15.3 Å². The maximum Gasteiger partial charge on any atom is 0.219 e. The molecule has 0 bridgehead atoms. The molecule has 2 aromatic rings. The molecule has 0 atom stereocenters. The molecule has 1 N–H and O–H groups in total. The Morgan fingerprint density at radius 1 is 1.15 bits per heavy atom. The average molecular weight is 271 g/mol. The van der Waals surface area contributed by atoms with Crippen LogP contribution >= 0.6 is 0 Å². The van der Waals surface area contributed by atoms with E-state index in [1.54, 1.807) is 6.20 Å². The average Bonchev–Trinajstić information content (AvgIpc) is 2.40. The van der Waals surface area contributed by atoms with Crippen LogP contribution in [0, 0.1) is 6.92 Å². The SMILES string of the molecule is Cc1ncccc1Oc1ccc(CNC(C)(C)C)cn1. The topological polar surface area (TPSA) is 47.0 Å². The lowest BCUT2D eigenvalue weighted by Gasteiger charge is -2.20. The van der Waals surface area contributed by atoms with Crippen LogP contribution in [-0.4, -0.2) is 15.5 Å². The van der Waals surface area contributed by atoms with Crippen LogP contribution in [0.15, 0.2) is 36.7 Å². The van der Waals surface area contributed by atoms with Gasteiger partial charge in [0.25, 0.3) is 0 Å². The first kappa shape index (κ1) is 14.5. The zero-order valence-electron chi connectivity index (χ0n) is 12.5. The lowest BCUT2D eigenvalue weighted by molar-refractivity contribution is 0.422. The molecule has 0 unspecified atom stereocenters. The number of nitrogens with one attached hydrogen (secondary N) is 1. The largest absolute Gasteiger partial charge is 0.437 e. The van der Waals surface area contributed by atoms with E-state index in [9.17, 15) is 0 Å². The van der Waals surface area contributed by atoms with Crippen molar-refractivity contribution < 1.29 is 4.74 Å². The lowest BCUT2D eigenvalue weighted by atomic mass is 10.1. The van der Waals surface area contributed by atoms with Crippen molar-refractivity contribution in [2.24, 2.45) is 0 Å². The molecule has 4 nitrogen and oxygen atoms in total. The molecule has 0 aliphatic heterocycles. The van der Waals surface area contributed by atoms with Crippen LogP contribution in [0.4, 0.5) is 0 Å².